The summed E-state index contributed by atoms with van der Waals surface area (Å²) in [6.45, 7) is 22.3. The SMILES string of the molecule is CCC(C)c1cc2c(-c3cc(C)cc(C)c3)c(C)ccc2[cH-]1.CCC(C)c1cc2c(-c3cc(C)cc(C)c3)c(C)ccc2[cH-]1.[Cl][Zr][Cl].[c-]1cccc2c1[Si]c1ccccc1-2. The van der Waals surface area contributed by atoms with Crippen LogP contribution >= 0.6 is 17.0 Å². The smallest absolute Gasteiger partial charge is 0.0920 e. The molecule has 9 rings (SSSR count). The predicted octanol–water partition coefficient (Wildman–Crippen LogP) is 15.8. The largest absolute Gasteiger partial charge is 0.184 e. The molecule has 2 atom stereocenters. The molecule has 60 heavy (non-hydrogen) atoms. The maximum atomic E-state index is 4.93. The molecule has 0 fully saturated rings. The Balaban J connectivity index is 0.000000150. The molecule has 2 radical (unpaired) electrons. The summed E-state index contributed by atoms with van der Waals surface area (Å²) >= 11 is -0.826. The number of aryl methyl sites for hydroxylation is 6. The average molecular weight is 920 g/mol. The summed E-state index contributed by atoms with van der Waals surface area (Å²) < 4.78 is 0. The minimum absolute atomic E-state index is 0.625. The van der Waals surface area contributed by atoms with Gasteiger partial charge in [0.2, 0.25) is 0 Å². The molecule has 0 aliphatic carbocycles. The van der Waals surface area contributed by atoms with Gasteiger partial charge in [-0.1, -0.05) is 156 Å². The Morgan fingerprint density at radius 2 is 1.00 bits per heavy atom. The van der Waals surface area contributed by atoms with Crippen molar-refractivity contribution in [3.63, 3.8) is 0 Å². The van der Waals surface area contributed by atoms with E-state index in [0.717, 1.165) is 9.52 Å². The number of rotatable bonds is 6. The van der Waals surface area contributed by atoms with E-state index in [9.17, 15) is 0 Å². The molecule has 1 heterocycles. The van der Waals surface area contributed by atoms with Gasteiger partial charge >= 0.3 is 37.9 Å². The van der Waals surface area contributed by atoms with E-state index in [-0.39, 0.29) is 0 Å². The molecule has 0 spiro atoms. The topological polar surface area (TPSA) is 0 Å². The van der Waals surface area contributed by atoms with Crippen molar-refractivity contribution in [2.75, 3.05) is 0 Å². The van der Waals surface area contributed by atoms with Gasteiger partial charge in [-0.25, -0.2) is 0 Å². The summed E-state index contributed by atoms with van der Waals surface area (Å²) in [5.74, 6) is 1.25. The van der Waals surface area contributed by atoms with Gasteiger partial charge in [-0.2, -0.15) is 41.6 Å². The third-order valence-corrected chi connectivity index (χ3v) is 13.3. The normalized spacial score (nSPS) is 12.3. The van der Waals surface area contributed by atoms with E-state index >= 15 is 0 Å². The van der Waals surface area contributed by atoms with Crippen LogP contribution in [0.3, 0.4) is 0 Å². The predicted molar refractivity (Wildman–Crippen MR) is 263 cm³/mol. The van der Waals surface area contributed by atoms with Crippen LogP contribution in [0.15, 0.2) is 127 Å². The van der Waals surface area contributed by atoms with Crippen molar-refractivity contribution in [1.29, 1.82) is 0 Å². The molecule has 0 bridgehead atoms. The Labute approximate surface area is 381 Å². The Bertz CT molecular complexity index is 2490. The first-order chi connectivity index (χ1) is 28.8. The fraction of sp³-hybridized carbons (Fsp3) is 0.250. The molecule has 0 saturated carbocycles. The maximum Gasteiger partial charge on any atom is 0.0920 e. The second-order valence-electron chi connectivity index (χ2n) is 16.7. The molecular weight excluding hydrogens is 863 g/mol. The van der Waals surface area contributed by atoms with Gasteiger partial charge in [0.25, 0.3) is 0 Å². The molecule has 8 aromatic rings. The van der Waals surface area contributed by atoms with Crippen LogP contribution in [0.25, 0.3) is 54.9 Å². The van der Waals surface area contributed by atoms with Crippen LogP contribution in [0.1, 0.15) is 96.9 Å². The molecule has 0 nitrogen and oxygen atoms in total. The molecule has 4 heteroatoms. The molecule has 306 valence electrons. The Morgan fingerprint density at radius 1 is 0.567 bits per heavy atom. The first-order valence-corrected chi connectivity index (χ1v) is 28.6. The molecule has 0 amide bonds. The van der Waals surface area contributed by atoms with Crippen molar-refractivity contribution >= 4 is 58.5 Å². The van der Waals surface area contributed by atoms with Gasteiger partial charge < -0.3 is 0 Å². The third kappa shape index (κ3) is 10.6. The summed E-state index contributed by atoms with van der Waals surface area (Å²) in [4.78, 5) is 0. The number of hydrogen-bond acceptors (Lipinski definition) is 0. The molecular formula is C56H57Cl2SiZr-3. The van der Waals surface area contributed by atoms with Crippen LogP contribution in [0.5, 0.6) is 0 Å². The zero-order valence-electron chi connectivity index (χ0n) is 36.9. The van der Waals surface area contributed by atoms with Crippen molar-refractivity contribution in [2.45, 2.75) is 93.9 Å². The maximum absolute atomic E-state index is 4.93. The summed E-state index contributed by atoms with van der Waals surface area (Å²) in [7, 11) is 10.7. The van der Waals surface area contributed by atoms with Gasteiger partial charge in [0, 0.05) is 0 Å². The van der Waals surface area contributed by atoms with Crippen LogP contribution in [-0.4, -0.2) is 9.52 Å². The minimum Gasteiger partial charge on any atom is -0.184 e. The van der Waals surface area contributed by atoms with Crippen LogP contribution in [0, 0.1) is 47.6 Å². The Kier molecular flexibility index (Phi) is 15.9. The Hall–Kier alpha value is -3.78. The summed E-state index contributed by atoms with van der Waals surface area (Å²) in [6.07, 6.45) is 2.38. The van der Waals surface area contributed by atoms with Crippen molar-refractivity contribution < 1.29 is 20.8 Å². The number of hydrogen-bond donors (Lipinski definition) is 0. The van der Waals surface area contributed by atoms with E-state index in [0.29, 0.717) is 11.8 Å². The standard InChI is InChI=1S/2C22H25.C12H7Si.2ClH.Zr/c2*1-6-16(4)19-12-18-8-7-17(5)22(21(18)13-19)20-10-14(2)9-15(3)11-20;1-3-7-11-9(5-1)10-6-2-4-8-12(10)13-11;;;/h2*7-13,16H,6H2,1-5H3;1-7H;2*1H;/q3*-1;;;+2/p-2. The van der Waals surface area contributed by atoms with Gasteiger partial charge in [0.1, 0.15) is 0 Å². The average Bonchev–Trinajstić information content (AvgIpc) is 3.96. The second-order valence-corrected chi connectivity index (χ2v) is 21.7. The van der Waals surface area contributed by atoms with E-state index in [1.165, 1.54) is 123 Å². The fourth-order valence-corrected chi connectivity index (χ4v) is 9.91. The first-order valence-electron chi connectivity index (χ1n) is 21.3. The molecule has 2 unspecified atom stereocenters. The van der Waals surface area contributed by atoms with Crippen LogP contribution in [0.2, 0.25) is 0 Å². The van der Waals surface area contributed by atoms with E-state index in [1.54, 1.807) is 0 Å². The molecule has 8 aromatic carbocycles. The zero-order chi connectivity index (χ0) is 43.1. The number of halogens is 2. The van der Waals surface area contributed by atoms with E-state index in [2.05, 4.69) is 197 Å². The van der Waals surface area contributed by atoms with E-state index < -0.39 is 20.8 Å². The molecule has 0 saturated heterocycles. The zero-order valence-corrected chi connectivity index (χ0v) is 41.9. The molecule has 1 aliphatic rings. The van der Waals surface area contributed by atoms with Crippen molar-refractivity contribution in [1.82, 2.24) is 0 Å². The van der Waals surface area contributed by atoms with Crippen molar-refractivity contribution in [2.24, 2.45) is 0 Å². The van der Waals surface area contributed by atoms with Gasteiger partial charge in [-0.3, -0.25) is 0 Å². The van der Waals surface area contributed by atoms with Gasteiger partial charge in [-0.15, -0.1) is 74.6 Å². The molecule has 0 N–H and O–H groups in total. The first kappa shape index (κ1) is 45.7. The fourth-order valence-electron chi connectivity index (χ4n) is 8.60. The monoisotopic (exact) mass is 917 g/mol. The van der Waals surface area contributed by atoms with Crippen molar-refractivity contribution in [3.05, 3.63) is 178 Å². The van der Waals surface area contributed by atoms with Crippen LogP contribution in [0.4, 0.5) is 0 Å². The van der Waals surface area contributed by atoms with Gasteiger partial charge in [0.15, 0.2) is 0 Å². The van der Waals surface area contributed by atoms with Gasteiger partial charge in [-0.05, 0) is 64.5 Å². The van der Waals surface area contributed by atoms with E-state index in [4.69, 9.17) is 17.0 Å². The summed E-state index contributed by atoms with van der Waals surface area (Å²) in [6, 6.07) is 50.5. The van der Waals surface area contributed by atoms with Crippen LogP contribution in [-0.2, 0) is 20.8 Å². The Morgan fingerprint density at radius 3 is 1.45 bits per heavy atom. The van der Waals surface area contributed by atoms with E-state index in [1.807, 2.05) is 6.07 Å². The summed E-state index contributed by atoms with van der Waals surface area (Å²) in [5.41, 5.74) is 19.3. The second kappa shape index (κ2) is 20.9. The quantitative estimate of drug-likeness (QED) is 0.115. The summed E-state index contributed by atoms with van der Waals surface area (Å²) in [5, 5.41) is 8.37. The molecule has 0 aromatic heterocycles. The third-order valence-electron chi connectivity index (χ3n) is 12.0. The van der Waals surface area contributed by atoms with Gasteiger partial charge in [0.05, 0.1) is 9.52 Å². The van der Waals surface area contributed by atoms with Crippen molar-refractivity contribution in [3.8, 4) is 33.4 Å². The molecule has 1 aliphatic heterocycles. The number of fused-ring (bicyclic) bond motifs is 5. The van der Waals surface area contributed by atoms with Crippen LogP contribution < -0.4 is 10.4 Å². The minimum atomic E-state index is -0.826. The number of benzene rings is 6.